The van der Waals surface area contributed by atoms with Gasteiger partial charge in [-0.15, -0.1) is 10.1 Å². The monoisotopic (exact) mass is 717 g/mol. The van der Waals surface area contributed by atoms with Crippen molar-refractivity contribution in [3.05, 3.63) is 63.8 Å². The fourth-order valence-electron chi connectivity index (χ4n) is 6.28. The Morgan fingerprint density at radius 2 is 1.86 bits per heavy atom. The summed E-state index contributed by atoms with van der Waals surface area (Å²) < 4.78 is 21.7. The number of aliphatic hydroxyl groups is 3. The number of fused-ring (bicyclic) bond motifs is 1. The predicted molar refractivity (Wildman–Crippen MR) is 185 cm³/mol. The highest BCUT2D eigenvalue weighted by atomic mass is 16.9. The van der Waals surface area contributed by atoms with Crippen LogP contribution in [0.25, 0.3) is 6.08 Å². The van der Waals surface area contributed by atoms with Gasteiger partial charge in [0.25, 0.3) is 5.09 Å². The zero-order valence-electron chi connectivity index (χ0n) is 29.7. The molecule has 0 aliphatic heterocycles. The van der Waals surface area contributed by atoms with E-state index >= 15 is 0 Å². The summed E-state index contributed by atoms with van der Waals surface area (Å²) in [6.45, 7) is 5.81. The van der Waals surface area contributed by atoms with Gasteiger partial charge in [-0.3, -0.25) is 9.59 Å². The van der Waals surface area contributed by atoms with Gasteiger partial charge in [0.2, 0.25) is 0 Å². The van der Waals surface area contributed by atoms with Crippen LogP contribution in [0.5, 0.6) is 11.5 Å². The molecule has 14 nitrogen and oxygen atoms in total. The van der Waals surface area contributed by atoms with Crippen molar-refractivity contribution in [3.8, 4) is 11.5 Å². The summed E-state index contributed by atoms with van der Waals surface area (Å²) in [5.74, 6) is -1.51. The third-order valence-corrected chi connectivity index (χ3v) is 9.24. The molecule has 1 aromatic carbocycles. The van der Waals surface area contributed by atoms with E-state index in [-0.39, 0.29) is 67.2 Å². The smallest absolute Gasteiger partial charge is 0.330 e. The molecule has 0 saturated carbocycles. The van der Waals surface area contributed by atoms with Gasteiger partial charge in [-0.25, -0.2) is 4.79 Å². The number of benzene rings is 1. The summed E-state index contributed by atoms with van der Waals surface area (Å²) in [5.41, 5.74) is 1.48. The highest BCUT2D eigenvalue weighted by Crippen LogP contribution is 2.44. The molecule has 0 spiro atoms. The minimum Gasteiger partial charge on any atom is -0.493 e. The Morgan fingerprint density at radius 1 is 1.12 bits per heavy atom. The SMILES string of the molecule is CC[C@H](C)C(=O)O[C@H]1C[C@H](O)C=C2C=C[C@H](C)[C@H](CCC(O)C[C@H](O)CC(=O)Oc3ccc(C=CC(=O)OCCCCO[N+](=O)[O-])cc3OC)[C@H]21. The maximum absolute atomic E-state index is 12.7. The summed E-state index contributed by atoms with van der Waals surface area (Å²) in [6, 6.07) is 4.62. The molecule has 0 amide bonds. The standard InChI is InChI=1S/C37H51NO13/c1-5-23(2)37(44)51-33-21-28(40)19-26-11-8-24(3)30(36(26)33)13-12-27(39)20-29(41)22-35(43)50-31-14-9-25(18-32(31)47-4)10-15-34(42)48-16-6-7-17-49-38(45)46/h8-11,14-15,18-19,23-24,27-30,33,36,39-41H,5-7,12-13,16-17,20-22H2,1-4H3/t23-,24-,27?,28+,29-,30-,33-,36-/m0/s1. The lowest BCUT2D eigenvalue weighted by atomic mass is 9.66. The fraction of sp³-hybridized carbons (Fsp3) is 0.595. The summed E-state index contributed by atoms with van der Waals surface area (Å²) >= 11 is 0. The van der Waals surface area contributed by atoms with E-state index in [0.717, 1.165) is 5.57 Å². The van der Waals surface area contributed by atoms with E-state index in [2.05, 4.69) is 17.8 Å². The van der Waals surface area contributed by atoms with Crippen LogP contribution >= 0.6 is 0 Å². The first-order valence-electron chi connectivity index (χ1n) is 17.5. The van der Waals surface area contributed by atoms with Crippen molar-refractivity contribution in [3.63, 3.8) is 0 Å². The maximum atomic E-state index is 12.7. The van der Waals surface area contributed by atoms with Crippen LogP contribution in [-0.4, -0.2) is 83.1 Å². The van der Waals surface area contributed by atoms with Gasteiger partial charge in [0.05, 0.1) is 51.0 Å². The average molecular weight is 718 g/mol. The van der Waals surface area contributed by atoms with E-state index in [1.807, 2.05) is 26.0 Å². The molecule has 8 atom stereocenters. The van der Waals surface area contributed by atoms with Gasteiger partial charge >= 0.3 is 17.9 Å². The number of carbonyl (C=O) groups is 3. The maximum Gasteiger partial charge on any atom is 0.330 e. The molecule has 0 fully saturated rings. The Kier molecular flexibility index (Phi) is 16.6. The third-order valence-electron chi connectivity index (χ3n) is 9.24. The summed E-state index contributed by atoms with van der Waals surface area (Å²) in [7, 11) is 1.39. The number of nitrogens with zero attached hydrogens (tertiary/aromatic N) is 1. The highest BCUT2D eigenvalue weighted by Gasteiger charge is 2.42. The van der Waals surface area contributed by atoms with Crippen molar-refractivity contribution in [2.75, 3.05) is 20.3 Å². The molecular formula is C37H51NO13. The lowest BCUT2D eigenvalue weighted by molar-refractivity contribution is -0.757. The quantitative estimate of drug-likeness (QED) is 0.0425. The molecule has 0 aromatic heterocycles. The van der Waals surface area contributed by atoms with Crippen LogP contribution in [0.15, 0.2) is 48.1 Å². The molecule has 0 bridgehead atoms. The van der Waals surface area contributed by atoms with Crippen molar-refractivity contribution in [1.82, 2.24) is 0 Å². The zero-order valence-corrected chi connectivity index (χ0v) is 29.7. The average Bonchev–Trinajstić information content (AvgIpc) is 3.08. The van der Waals surface area contributed by atoms with Crippen molar-refractivity contribution in [2.45, 2.75) is 96.6 Å². The molecule has 2 aliphatic carbocycles. The number of esters is 3. The van der Waals surface area contributed by atoms with Gasteiger partial charge in [0.1, 0.15) is 6.10 Å². The first kappa shape index (κ1) is 41.2. The lowest BCUT2D eigenvalue weighted by Gasteiger charge is -2.43. The number of hydrogen-bond donors (Lipinski definition) is 3. The molecule has 3 rings (SSSR count). The molecule has 0 saturated heterocycles. The van der Waals surface area contributed by atoms with Crippen molar-refractivity contribution < 1.29 is 58.6 Å². The van der Waals surface area contributed by atoms with Crippen LogP contribution in [-0.2, 0) is 28.7 Å². The Labute approximate surface area is 298 Å². The molecule has 1 aromatic rings. The second kappa shape index (κ2) is 20.5. The number of ether oxygens (including phenoxy) is 4. The first-order chi connectivity index (χ1) is 24.3. The Bertz CT molecular complexity index is 1420. The van der Waals surface area contributed by atoms with E-state index in [9.17, 15) is 39.8 Å². The number of methoxy groups -OCH3 is 1. The van der Waals surface area contributed by atoms with E-state index < -0.39 is 41.4 Å². The molecule has 14 heteroatoms. The first-order valence-corrected chi connectivity index (χ1v) is 17.5. The third kappa shape index (κ3) is 13.4. The Hall–Kier alpha value is -4.27. The van der Waals surface area contributed by atoms with Gasteiger partial charge in [0, 0.05) is 18.4 Å². The minimum atomic E-state index is -1.17. The Balaban J connectivity index is 1.48. The molecule has 3 N–H and O–H groups in total. The van der Waals surface area contributed by atoms with Crippen LogP contribution in [0.3, 0.4) is 0 Å². The van der Waals surface area contributed by atoms with Crippen molar-refractivity contribution in [1.29, 1.82) is 0 Å². The number of unbranched alkanes of at least 4 members (excludes halogenated alkanes) is 1. The van der Waals surface area contributed by atoms with Crippen LogP contribution in [0.4, 0.5) is 0 Å². The molecular weight excluding hydrogens is 666 g/mol. The fourth-order valence-corrected chi connectivity index (χ4v) is 6.28. The molecule has 1 unspecified atom stereocenters. The van der Waals surface area contributed by atoms with E-state index in [1.54, 1.807) is 12.1 Å². The Morgan fingerprint density at radius 3 is 2.57 bits per heavy atom. The molecule has 0 heterocycles. The lowest BCUT2D eigenvalue weighted by Crippen LogP contribution is -2.43. The molecule has 2 aliphatic rings. The van der Waals surface area contributed by atoms with Gasteiger partial charge in [-0.2, -0.15) is 0 Å². The van der Waals surface area contributed by atoms with Gasteiger partial charge in [0.15, 0.2) is 11.5 Å². The number of carbonyl (C=O) groups excluding carboxylic acids is 3. The van der Waals surface area contributed by atoms with E-state index in [4.69, 9.17) is 18.9 Å². The summed E-state index contributed by atoms with van der Waals surface area (Å²) in [6.07, 6.45) is 7.51. The summed E-state index contributed by atoms with van der Waals surface area (Å²) in [4.78, 5) is 51.6. The van der Waals surface area contributed by atoms with Gasteiger partial charge < -0.3 is 39.1 Å². The number of aliphatic hydroxyl groups excluding tert-OH is 3. The second-order valence-corrected chi connectivity index (χ2v) is 13.1. The van der Waals surface area contributed by atoms with Crippen molar-refractivity contribution in [2.24, 2.45) is 23.7 Å². The van der Waals surface area contributed by atoms with Crippen LogP contribution in [0, 0.1) is 33.8 Å². The molecule has 51 heavy (non-hydrogen) atoms. The minimum absolute atomic E-state index is 0.0333. The highest BCUT2D eigenvalue weighted by molar-refractivity contribution is 5.87. The van der Waals surface area contributed by atoms with Crippen LogP contribution < -0.4 is 9.47 Å². The van der Waals surface area contributed by atoms with Crippen LogP contribution in [0.1, 0.15) is 77.7 Å². The van der Waals surface area contributed by atoms with Gasteiger partial charge in [-0.05, 0) is 79.7 Å². The van der Waals surface area contributed by atoms with Gasteiger partial charge in [-0.1, -0.05) is 45.1 Å². The zero-order chi connectivity index (χ0) is 37.5. The number of allylic oxidation sites excluding steroid dienone is 2. The summed E-state index contributed by atoms with van der Waals surface area (Å²) in [5, 5.41) is 41.2. The number of rotatable bonds is 20. The second-order valence-electron chi connectivity index (χ2n) is 13.1. The van der Waals surface area contributed by atoms with Crippen LogP contribution in [0.2, 0.25) is 0 Å². The van der Waals surface area contributed by atoms with E-state index in [1.165, 1.54) is 25.3 Å². The predicted octanol–water partition coefficient (Wildman–Crippen LogP) is 4.51. The topological polar surface area (TPSA) is 201 Å². The van der Waals surface area contributed by atoms with Crippen molar-refractivity contribution >= 4 is 24.0 Å². The normalized spacial score (nSPS) is 23.0. The molecule has 0 radical (unpaired) electrons. The molecule has 282 valence electrons. The largest absolute Gasteiger partial charge is 0.493 e. The van der Waals surface area contributed by atoms with E-state index in [0.29, 0.717) is 44.1 Å². The number of hydrogen-bond acceptors (Lipinski definition) is 13.